The number of anilines is 1. The van der Waals surface area contributed by atoms with Crippen LogP contribution in [0.15, 0.2) is 84.9 Å². The van der Waals surface area contributed by atoms with Gasteiger partial charge >= 0.3 is 0 Å². The summed E-state index contributed by atoms with van der Waals surface area (Å²) in [5, 5.41) is 0. The number of carbonyl (C=O) groups is 1. The van der Waals surface area contributed by atoms with Crippen LogP contribution in [0, 0.1) is 5.92 Å². The van der Waals surface area contributed by atoms with Crippen molar-refractivity contribution >= 4 is 23.9 Å². The first-order valence-electron chi connectivity index (χ1n) is 11.2. The number of halogens is 1. The molecule has 0 saturated carbocycles. The number of hydrogen-bond donors (Lipinski definition) is 0. The molecule has 0 aromatic heterocycles. The number of benzene rings is 3. The summed E-state index contributed by atoms with van der Waals surface area (Å²) >= 11 is 0. The summed E-state index contributed by atoms with van der Waals surface area (Å²) in [4.78, 5) is 17.2. The molecule has 0 unspecified atom stereocenters. The van der Waals surface area contributed by atoms with E-state index in [2.05, 4.69) is 70.5 Å². The van der Waals surface area contributed by atoms with Crippen LogP contribution in [0.5, 0.6) is 0 Å². The van der Waals surface area contributed by atoms with E-state index in [1.807, 2.05) is 38.4 Å². The lowest BCUT2D eigenvalue weighted by Crippen LogP contribution is -2.39. The zero-order valence-corrected chi connectivity index (χ0v) is 19.8. The van der Waals surface area contributed by atoms with Gasteiger partial charge in [-0.15, -0.1) is 12.4 Å². The zero-order valence-electron chi connectivity index (χ0n) is 19.0. The smallest absolute Gasteiger partial charge is 0.176 e. The fourth-order valence-electron chi connectivity index (χ4n) is 4.74. The van der Waals surface area contributed by atoms with Crippen molar-refractivity contribution in [2.24, 2.45) is 5.92 Å². The number of likely N-dealkylation sites (tertiary alicyclic amines) is 1. The van der Waals surface area contributed by atoms with Crippen LogP contribution in [0.2, 0.25) is 0 Å². The van der Waals surface area contributed by atoms with Gasteiger partial charge in [-0.25, -0.2) is 0 Å². The highest BCUT2D eigenvalue weighted by atomic mass is 35.5. The van der Waals surface area contributed by atoms with Gasteiger partial charge in [0, 0.05) is 31.3 Å². The van der Waals surface area contributed by atoms with Crippen LogP contribution in [0.3, 0.4) is 0 Å². The van der Waals surface area contributed by atoms with Crippen molar-refractivity contribution in [3.8, 4) is 0 Å². The van der Waals surface area contributed by atoms with Gasteiger partial charge < -0.3 is 4.90 Å². The highest BCUT2D eigenvalue weighted by Crippen LogP contribution is 2.37. The molecule has 0 radical (unpaired) electrons. The van der Waals surface area contributed by atoms with Gasteiger partial charge in [-0.1, -0.05) is 60.7 Å². The summed E-state index contributed by atoms with van der Waals surface area (Å²) in [5.74, 6) is 1.22. The number of piperidine rings is 1. The van der Waals surface area contributed by atoms with Gasteiger partial charge in [0.1, 0.15) is 0 Å². The highest BCUT2D eigenvalue weighted by Gasteiger charge is 2.29. The Labute approximate surface area is 198 Å². The topological polar surface area (TPSA) is 23.6 Å². The molecular formula is C28H33ClN2O. The van der Waals surface area contributed by atoms with Crippen LogP contribution < -0.4 is 4.90 Å². The largest absolute Gasteiger partial charge is 0.378 e. The van der Waals surface area contributed by atoms with E-state index >= 15 is 0 Å². The minimum Gasteiger partial charge on any atom is -0.378 e. The van der Waals surface area contributed by atoms with Crippen LogP contribution in [0.4, 0.5) is 5.69 Å². The van der Waals surface area contributed by atoms with Crippen molar-refractivity contribution < 1.29 is 4.79 Å². The number of rotatable bonds is 7. The Kier molecular flexibility index (Phi) is 8.49. The molecule has 1 fully saturated rings. The molecule has 1 aliphatic rings. The third kappa shape index (κ3) is 5.79. The van der Waals surface area contributed by atoms with Crippen LogP contribution in [0.1, 0.15) is 40.2 Å². The molecule has 1 heterocycles. The molecule has 4 rings (SSSR count). The highest BCUT2D eigenvalue weighted by molar-refractivity contribution is 5.97. The van der Waals surface area contributed by atoms with E-state index in [4.69, 9.17) is 0 Å². The van der Waals surface area contributed by atoms with Crippen molar-refractivity contribution in [1.82, 2.24) is 4.90 Å². The van der Waals surface area contributed by atoms with Gasteiger partial charge in [0.15, 0.2) is 5.78 Å². The lowest BCUT2D eigenvalue weighted by atomic mass is 9.76. The molecule has 32 heavy (non-hydrogen) atoms. The fraction of sp³-hybridized carbons (Fsp3) is 0.321. The van der Waals surface area contributed by atoms with Gasteiger partial charge in [0.2, 0.25) is 0 Å². The van der Waals surface area contributed by atoms with Gasteiger partial charge in [-0.05, 0) is 67.2 Å². The van der Waals surface area contributed by atoms with E-state index in [0.717, 1.165) is 37.2 Å². The number of ketones is 1. The monoisotopic (exact) mass is 448 g/mol. The second-order valence-electron chi connectivity index (χ2n) is 8.78. The Morgan fingerprint density at radius 1 is 0.844 bits per heavy atom. The summed E-state index contributed by atoms with van der Waals surface area (Å²) in [6, 6.07) is 29.7. The summed E-state index contributed by atoms with van der Waals surface area (Å²) < 4.78 is 0. The molecule has 0 amide bonds. The second kappa shape index (κ2) is 11.3. The van der Waals surface area contributed by atoms with E-state index in [1.165, 1.54) is 11.1 Å². The quantitative estimate of drug-likeness (QED) is 0.420. The Balaban J connectivity index is 0.00000289. The lowest BCUT2D eigenvalue weighted by Gasteiger charge is -2.36. The van der Waals surface area contributed by atoms with Gasteiger partial charge in [0.25, 0.3) is 0 Å². The van der Waals surface area contributed by atoms with E-state index in [1.54, 1.807) is 0 Å². The summed E-state index contributed by atoms with van der Waals surface area (Å²) in [6.45, 7) is 2.46. The van der Waals surface area contributed by atoms with Crippen LogP contribution in [0.25, 0.3) is 0 Å². The van der Waals surface area contributed by atoms with E-state index in [0.29, 0.717) is 18.4 Å². The minimum atomic E-state index is 0. The molecule has 0 spiro atoms. The molecule has 1 aliphatic heterocycles. The summed E-state index contributed by atoms with van der Waals surface area (Å²) in [7, 11) is 4.03. The number of carbonyl (C=O) groups excluding carboxylic acids is 1. The van der Waals surface area contributed by atoms with Gasteiger partial charge in [-0.3, -0.25) is 9.69 Å². The van der Waals surface area contributed by atoms with Gasteiger partial charge in [0.05, 0.1) is 6.54 Å². The summed E-state index contributed by atoms with van der Waals surface area (Å²) in [5.41, 5.74) is 4.71. The normalized spacial score (nSPS) is 14.7. The van der Waals surface area contributed by atoms with Crippen molar-refractivity contribution in [1.29, 1.82) is 0 Å². The Morgan fingerprint density at radius 2 is 1.34 bits per heavy atom. The fourth-order valence-corrected chi connectivity index (χ4v) is 4.74. The molecule has 1 saturated heterocycles. The van der Waals surface area contributed by atoms with Crippen molar-refractivity contribution in [3.05, 3.63) is 102 Å². The first-order chi connectivity index (χ1) is 15.1. The minimum absolute atomic E-state index is 0. The third-order valence-corrected chi connectivity index (χ3v) is 6.49. The Morgan fingerprint density at radius 3 is 1.81 bits per heavy atom. The molecule has 0 bridgehead atoms. The van der Waals surface area contributed by atoms with Crippen LogP contribution in [-0.4, -0.2) is 44.4 Å². The number of Topliss-reactive ketones (excluding diaryl/α,β-unsaturated/α-hetero) is 1. The zero-order chi connectivity index (χ0) is 21.6. The van der Waals surface area contributed by atoms with E-state index in [-0.39, 0.29) is 18.2 Å². The molecule has 168 valence electrons. The molecule has 0 atom stereocenters. The lowest BCUT2D eigenvalue weighted by molar-refractivity contribution is 0.0891. The Hall–Kier alpha value is -2.62. The molecule has 0 N–H and O–H groups in total. The average molecular weight is 449 g/mol. The predicted molar refractivity (Wildman–Crippen MR) is 136 cm³/mol. The van der Waals surface area contributed by atoms with E-state index in [9.17, 15) is 4.79 Å². The molecule has 3 aromatic rings. The molecule has 3 aromatic carbocycles. The van der Waals surface area contributed by atoms with E-state index < -0.39 is 0 Å². The SMILES string of the molecule is CN(C)c1ccc(C(=O)CN2CCC(C(c3ccccc3)c3ccccc3)CC2)cc1.Cl. The number of hydrogen-bond acceptors (Lipinski definition) is 3. The maximum absolute atomic E-state index is 12.8. The first kappa shape index (κ1) is 24.0. The molecular weight excluding hydrogens is 416 g/mol. The molecule has 3 nitrogen and oxygen atoms in total. The first-order valence-corrected chi connectivity index (χ1v) is 11.2. The standard InChI is InChI=1S/C28H32N2O.ClH/c1-29(2)26-15-13-22(14-16-26)27(31)21-30-19-17-25(18-20-30)28(23-9-5-3-6-10-23)24-11-7-4-8-12-24;/h3-16,25,28H,17-21H2,1-2H3;1H. The average Bonchev–Trinajstić information content (AvgIpc) is 2.82. The van der Waals surface area contributed by atoms with Crippen molar-refractivity contribution in [3.63, 3.8) is 0 Å². The predicted octanol–water partition coefficient (Wildman–Crippen LogP) is 5.90. The summed E-state index contributed by atoms with van der Waals surface area (Å²) in [6.07, 6.45) is 2.22. The maximum atomic E-state index is 12.8. The third-order valence-electron chi connectivity index (χ3n) is 6.49. The molecule has 4 heteroatoms. The van der Waals surface area contributed by atoms with Crippen molar-refractivity contribution in [2.75, 3.05) is 38.6 Å². The Bertz CT molecular complexity index is 926. The van der Waals surface area contributed by atoms with Crippen molar-refractivity contribution in [2.45, 2.75) is 18.8 Å². The van der Waals surface area contributed by atoms with Gasteiger partial charge in [-0.2, -0.15) is 0 Å². The second-order valence-corrected chi connectivity index (χ2v) is 8.78. The van der Waals surface area contributed by atoms with Crippen LogP contribution in [-0.2, 0) is 0 Å². The van der Waals surface area contributed by atoms with Crippen LogP contribution >= 0.6 is 12.4 Å². The number of nitrogens with zero attached hydrogens (tertiary/aromatic N) is 2. The molecule has 0 aliphatic carbocycles. The maximum Gasteiger partial charge on any atom is 0.176 e.